The fraction of sp³-hybridized carbons (Fsp3) is 0.500. The van der Waals surface area contributed by atoms with E-state index in [1.807, 2.05) is 18.2 Å². The van der Waals surface area contributed by atoms with Gasteiger partial charge in [0.05, 0.1) is 6.07 Å². The van der Waals surface area contributed by atoms with E-state index < -0.39 is 11.1 Å². The molecule has 0 aromatic rings. The van der Waals surface area contributed by atoms with Crippen molar-refractivity contribution in [3.63, 3.8) is 0 Å². The molecule has 5 N–H and O–H groups in total. The number of ether oxygens (including phenoxy) is 1. The molecule has 108 valence electrons. The Labute approximate surface area is 124 Å². The lowest BCUT2D eigenvalue weighted by Gasteiger charge is -2.36. The zero-order valence-electron chi connectivity index (χ0n) is 11.3. The fourth-order valence-electron chi connectivity index (χ4n) is 2.06. The molecule has 2 aliphatic rings. The molecule has 20 heavy (non-hydrogen) atoms. The maximum Gasteiger partial charge on any atom is 0.186 e. The molecule has 0 bridgehead atoms. The average molecular weight is 292 g/mol. The first-order valence-corrected chi connectivity index (χ1v) is 7.23. The summed E-state index contributed by atoms with van der Waals surface area (Å²) in [5.41, 5.74) is 11.0. The van der Waals surface area contributed by atoms with E-state index in [9.17, 15) is 0 Å². The van der Waals surface area contributed by atoms with Gasteiger partial charge in [-0.1, -0.05) is 6.08 Å². The summed E-state index contributed by atoms with van der Waals surface area (Å²) in [6.45, 7) is 0.873. The van der Waals surface area contributed by atoms with Crippen LogP contribution in [0.3, 0.4) is 0 Å². The van der Waals surface area contributed by atoms with E-state index in [0.29, 0.717) is 30.2 Å². The van der Waals surface area contributed by atoms with Gasteiger partial charge < -0.3 is 16.2 Å². The number of nitrogens with one attached hydrogen (secondary N) is 1. The highest BCUT2D eigenvalue weighted by Crippen LogP contribution is 2.24. The van der Waals surface area contributed by atoms with E-state index in [1.54, 1.807) is 6.08 Å². The standard InChI is InChI=1S/C14H20N4OS/c15-9-14(7-8-18-14)6-3-12(16)19-11-1-4-13(17,10-20)5-2-11/h1-4,18,20H,5-8,10,16-17H2/t13-,14+/m0/s1. The lowest BCUT2D eigenvalue weighted by Crippen LogP contribution is -2.55. The van der Waals surface area contributed by atoms with Gasteiger partial charge in [0.2, 0.25) is 0 Å². The van der Waals surface area contributed by atoms with Crippen LogP contribution in [0.2, 0.25) is 0 Å². The Kier molecular flexibility index (Phi) is 4.43. The molecule has 0 aromatic heterocycles. The number of thiol groups is 1. The summed E-state index contributed by atoms with van der Waals surface area (Å²) in [7, 11) is 0. The number of hydrogen-bond donors (Lipinski definition) is 4. The minimum absolute atomic E-state index is 0.305. The van der Waals surface area contributed by atoms with Crippen molar-refractivity contribution in [2.75, 3.05) is 12.3 Å². The molecule has 1 aliphatic heterocycles. The van der Waals surface area contributed by atoms with Gasteiger partial charge in [-0.05, 0) is 37.6 Å². The number of nitrogens with two attached hydrogens (primary N) is 2. The highest BCUT2D eigenvalue weighted by Gasteiger charge is 2.35. The van der Waals surface area contributed by atoms with E-state index in [2.05, 4.69) is 24.0 Å². The van der Waals surface area contributed by atoms with E-state index in [1.165, 1.54) is 0 Å². The van der Waals surface area contributed by atoms with Crippen molar-refractivity contribution < 1.29 is 4.74 Å². The van der Waals surface area contributed by atoms with Crippen molar-refractivity contribution in [1.29, 1.82) is 5.26 Å². The van der Waals surface area contributed by atoms with Gasteiger partial charge in [0.1, 0.15) is 11.3 Å². The third-order valence-corrected chi connectivity index (χ3v) is 4.26. The SMILES string of the molecule is N#C[C@@]1(CC=C(N)OC2=CC[C@](N)(CS)C=C2)CCN1. The van der Waals surface area contributed by atoms with E-state index in [4.69, 9.17) is 21.5 Å². The predicted molar refractivity (Wildman–Crippen MR) is 81.5 cm³/mol. The Morgan fingerprint density at radius 2 is 2.40 bits per heavy atom. The Balaban J connectivity index is 1.88. The summed E-state index contributed by atoms with van der Waals surface area (Å²) in [6, 6.07) is 2.27. The molecule has 0 amide bonds. The smallest absolute Gasteiger partial charge is 0.186 e. The minimum Gasteiger partial charge on any atom is -0.442 e. The van der Waals surface area contributed by atoms with Crippen molar-refractivity contribution >= 4 is 12.6 Å². The molecule has 2 rings (SSSR count). The van der Waals surface area contributed by atoms with Crippen molar-refractivity contribution in [1.82, 2.24) is 5.32 Å². The van der Waals surface area contributed by atoms with Crippen LogP contribution in [0.1, 0.15) is 19.3 Å². The average Bonchev–Trinajstić information content (AvgIpc) is 2.41. The molecule has 0 spiro atoms. The summed E-state index contributed by atoms with van der Waals surface area (Å²) in [5, 5.41) is 12.2. The summed E-state index contributed by atoms with van der Waals surface area (Å²) < 4.78 is 5.53. The van der Waals surface area contributed by atoms with Gasteiger partial charge in [0.15, 0.2) is 5.88 Å². The van der Waals surface area contributed by atoms with Gasteiger partial charge in [0, 0.05) is 17.7 Å². The van der Waals surface area contributed by atoms with Crippen LogP contribution in [0, 0.1) is 11.3 Å². The summed E-state index contributed by atoms with van der Waals surface area (Å²) in [5.74, 6) is 1.56. The molecule has 0 radical (unpaired) electrons. The lowest BCUT2D eigenvalue weighted by atomic mass is 9.86. The predicted octanol–water partition coefficient (Wildman–Crippen LogP) is 0.920. The molecule has 0 aromatic carbocycles. The van der Waals surface area contributed by atoms with E-state index >= 15 is 0 Å². The zero-order chi connectivity index (χ0) is 14.6. The Bertz CT molecular complexity index is 502. The molecule has 2 atom stereocenters. The second-order valence-corrected chi connectivity index (χ2v) is 5.63. The third-order valence-electron chi connectivity index (χ3n) is 3.67. The van der Waals surface area contributed by atoms with Gasteiger partial charge in [-0.25, -0.2) is 0 Å². The van der Waals surface area contributed by atoms with Crippen LogP contribution >= 0.6 is 12.6 Å². The van der Waals surface area contributed by atoms with E-state index in [-0.39, 0.29) is 0 Å². The molecule has 5 nitrogen and oxygen atoms in total. The Morgan fingerprint density at radius 1 is 1.65 bits per heavy atom. The van der Waals surface area contributed by atoms with E-state index in [0.717, 1.165) is 13.0 Å². The molecule has 0 saturated carbocycles. The maximum atomic E-state index is 9.09. The Morgan fingerprint density at radius 3 is 2.85 bits per heavy atom. The second kappa shape index (κ2) is 5.92. The van der Waals surface area contributed by atoms with Gasteiger partial charge in [-0.2, -0.15) is 17.9 Å². The Hall–Kier alpha value is -1.42. The van der Waals surface area contributed by atoms with Crippen molar-refractivity contribution in [3.8, 4) is 6.07 Å². The molecule has 0 unspecified atom stereocenters. The molecule has 1 saturated heterocycles. The number of rotatable bonds is 5. The third kappa shape index (κ3) is 3.37. The first-order chi connectivity index (χ1) is 9.51. The van der Waals surface area contributed by atoms with Crippen molar-refractivity contribution in [2.45, 2.75) is 30.3 Å². The summed E-state index contributed by atoms with van der Waals surface area (Å²) in [6.07, 6.45) is 9.39. The molecule has 6 heteroatoms. The zero-order valence-corrected chi connectivity index (χ0v) is 12.2. The fourth-order valence-corrected chi connectivity index (χ4v) is 2.30. The minimum atomic E-state index is -0.469. The van der Waals surface area contributed by atoms with Crippen molar-refractivity contribution in [2.24, 2.45) is 11.5 Å². The quantitative estimate of drug-likeness (QED) is 0.446. The molecular weight excluding hydrogens is 272 g/mol. The van der Waals surface area contributed by atoms with Crippen LogP contribution in [-0.2, 0) is 4.74 Å². The van der Waals surface area contributed by atoms with Crippen LogP contribution in [-0.4, -0.2) is 23.4 Å². The van der Waals surface area contributed by atoms with Crippen LogP contribution in [0.5, 0.6) is 0 Å². The number of allylic oxidation sites excluding steroid dienone is 1. The highest BCUT2D eigenvalue weighted by atomic mass is 32.1. The van der Waals surface area contributed by atoms with Gasteiger partial charge in [-0.3, -0.25) is 5.32 Å². The second-order valence-electron chi connectivity index (χ2n) is 5.32. The molecule has 1 aliphatic carbocycles. The highest BCUT2D eigenvalue weighted by molar-refractivity contribution is 7.80. The molecule has 1 fully saturated rings. The summed E-state index contributed by atoms with van der Waals surface area (Å²) >= 11 is 4.22. The van der Waals surface area contributed by atoms with Crippen molar-refractivity contribution in [3.05, 3.63) is 35.9 Å². The molecule has 1 heterocycles. The van der Waals surface area contributed by atoms with Gasteiger partial charge >= 0.3 is 0 Å². The lowest BCUT2D eigenvalue weighted by molar-refractivity contribution is 0.272. The van der Waals surface area contributed by atoms with Crippen LogP contribution in [0.15, 0.2) is 35.9 Å². The first-order valence-electron chi connectivity index (χ1n) is 6.60. The van der Waals surface area contributed by atoms with Crippen LogP contribution < -0.4 is 16.8 Å². The number of hydrogen-bond acceptors (Lipinski definition) is 6. The van der Waals surface area contributed by atoms with Gasteiger partial charge in [0.25, 0.3) is 0 Å². The van der Waals surface area contributed by atoms with Crippen LogP contribution in [0.25, 0.3) is 0 Å². The largest absolute Gasteiger partial charge is 0.442 e. The number of nitrogens with zero attached hydrogens (tertiary/aromatic N) is 1. The summed E-state index contributed by atoms with van der Waals surface area (Å²) in [4.78, 5) is 0. The monoisotopic (exact) mass is 292 g/mol. The number of nitriles is 1. The van der Waals surface area contributed by atoms with Gasteiger partial charge in [-0.15, -0.1) is 0 Å². The van der Waals surface area contributed by atoms with Crippen LogP contribution in [0.4, 0.5) is 0 Å². The first kappa shape index (κ1) is 15.0. The topological polar surface area (TPSA) is 97.1 Å². The molecular formula is C14H20N4OS. The normalized spacial score (nSPS) is 33.0. The maximum absolute atomic E-state index is 9.09.